The summed E-state index contributed by atoms with van der Waals surface area (Å²) in [6.45, 7) is 6.09. The number of ether oxygens (including phenoxy) is 1. The molecule has 0 aromatic carbocycles. The number of nitrogens with zero attached hydrogens (tertiary/aromatic N) is 2. The summed E-state index contributed by atoms with van der Waals surface area (Å²) in [5.74, 6) is 0.645. The summed E-state index contributed by atoms with van der Waals surface area (Å²) >= 11 is 0. The SMILES string of the molecule is CCOc1cn2nc(CCC(C)(C)O)cc2cc1N. The van der Waals surface area contributed by atoms with E-state index in [9.17, 15) is 5.11 Å². The molecule has 0 saturated heterocycles. The zero-order valence-corrected chi connectivity index (χ0v) is 11.7. The minimum Gasteiger partial charge on any atom is -0.490 e. The first-order chi connectivity index (χ1) is 8.89. The second-order valence-electron chi connectivity index (χ2n) is 5.34. The summed E-state index contributed by atoms with van der Waals surface area (Å²) in [5, 5.41) is 14.2. The molecule has 0 fully saturated rings. The Balaban J connectivity index is 2.25. The van der Waals surface area contributed by atoms with Crippen LogP contribution in [0.1, 0.15) is 32.9 Å². The van der Waals surface area contributed by atoms with Gasteiger partial charge in [-0.25, -0.2) is 4.52 Å². The number of anilines is 1. The molecule has 0 radical (unpaired) electrons. The fraction of sp³-hybridized carbons (Fsp3) is 0.500. The first kappa shape index (κ1) is 13.7. The van der Waals surface area contributed by atoms with Crippen LogP contribution in [0.25, 0.3) is 5.52 Å². The fourth-order valence-electron chi connectivity index (χ4n) is 1.92. The Morgan fingerprint density at radius 3 is 2.79 bits per heavy atom. The Morgan fingerprint density at radius 1 is 1.42 bits per heavy atom. The number of nitrogens with two attached hydrogens (primary N) is 1. The topological polar surface area (TPSA) is 72.8 Å². The number of aryl methyl sites for hydroxylation is 1. The third-order valence-electron chi connectivity index (χ3n) is 2.94. The fourth-order valence-corrected chi connectivity index (χ4v) is 1.92. The molecule has 104 valence electrons. The molecule has 0 saturated carbocycles. The number of hydrogen-bond acceptors (Lipinski definition) is 4. The van der Waals surface area contributed by atoms with E-state index in [-0.39, 0.29) is 0 Å². The molecule has 5 nitrogen and oxygen atoms in total. The number of hydrogen-bond donors (Lipinski definition) is 2. The van der Waals surface area contributed by atoms with Crippen molar-refractivity contribution in [1.29, 1.82) is 0 Å². The van der Waals surface area contributed by atoms with E-state index in [1.54, 1.807) is 24.6 Å². The highest BCUT2D eigenvalue weighted by Gasteiger charge is 2.14. The van der Waals surface area contributed by atoms with Crippen LogP contribution >= 0.6 is 0 Å². The van der Waals surface area contributed by atoms with Crippen molar-refractivity contribution < 1.29 is 9.84 Å². The molecule has 0 aliphatic heterocycles. The van der Waals surface area contributed by atoms with Crippen LogP contribution in [0.4, 0.5) is 5.69 Å². The lowest BCUT2D eigenvalue weighted by molar-refractivity contribution is 0.0711. The quantitative estimate of drug-likeness (QED) is 0.865. The monoisotopic (exact) mass is 263 g/mol. The molecule has 2 aromatic heterocycles. The number of nitrogen functional groups attached to an aromatic ring is 1. The van der Waals surface area contributed by atoms with Gasteiger partial charge in [-0.1, -0.05) is 0 Å². The predicted molar refractivity (Wildman–Crippen MR) is 75.4 cm³/mol. The minimum absolute atomic E-state index is 0.572. The van der Waals surface area contributed by atoms with Crippen LogP contribution in [0.3, 0.4) is 0 Å². The van der Waals surface area contributed by atoms with Gasteiger partial charge in [0.15, 0.2) is 5.75 Å². The first-order valence-corrected chi connectivity index (χ1v) is 6.52. The number of pyridine rings is 1. The summed E-state index contributed by atoms with van der Waals surface area (Å²) in [6.07, 6.45) is 3.20. The van der Waals surface area contributed by atoms with Gasteiger partial charge in [-0.3, -0.25) is 0 Å². The normalized spacial score (nSPS) is 12.0. The highest BCUT2D eigenvalue weighted by molar-refractivity contribution is 5.63. The Hall–Kier alpha value is -1.75. The molecule has 0 bridgehead atoms. The second-order valence-corrected chi connectivity index (χ2v) is 5.34. The van der Waals surface area contributed by atoms with Crippen LogP contribution < -0.4 is 10.5 Å². The van der Waals surface area contributed by atoms with E-state index < -0.39 is 5.60 Å². The van der Waals surface area contributed by atoms with Gasteiger partial charge >= 0.3 is 0 Å². The van der Waals surface area contributed by atoms with Gasteiger partial charge in [0.25, 0.3) is 0 Å². The maximum Gasteiger partial charge on any atom is 0.160 e. The summed E-state index contributed by atoms with van der Waals surface area (Å²) < 4.78 is 7.21. The van der Waals surface area contributed by atoms with Gasteiger partial charge in [0.05, 0.1) is 35.3 Å². The smallest absolute Gasteiger partial charge is 0.160 e. The van der Waals surface area contributed by atoms with Gasteiger partial charge < -0.3 is 15.6 Å². The van der Waals surface area contributed by atoms with Gasteiger partial charge in [-0.15, -0.1) is 0 Å². The number of aliphatic hydroxyl groups is 1. The third-order valence-corrected chi connectivity index (χ3v) is 2.94. The molecule has 0 aliphatic rings. The number of aromatic nitrogens is 2. The minimum atomic E-state index is -0.675. The van der Waals surface area contributed by atoms with E-state index in [1.807, 2.05) is 19.1 Å². The molecule has 2 aromatic rings. The Labute approximate surface area is 113 Å². The van der Waals surface area contributed by atoms with Crippen molar-refractivity contribution in [2.75, 3.05) is 12.3 Å². The first-order valence-electron chi connectivity index (χ1n) is 6.52. The molecule has 5 heteroatoms. The van der Waals surface area contributed by atoms with Crippen molar-refractivity contribution in [3.63, 3.8) is 0 Å². The van der Waals surface area contributed by atoms with Crippen LogP contribution in [0, 0.1) is 0 Å². The van der Waals surface area contributed by atoms with Crippen LogP contribution in [0.5, 0.6) is 5.75 Å². The van der Waals surface area contributed by atoms with E-state index >= 15 is 0 Å². The molecule has 2 rings (SSSR count). The average Bonchev–Trinajstić information content (AvgIpc) is 2.68. The molecule has 19 heavy (non-hydrogen) atoms. The highest BCUT2D eigenvalue weighted by atomic mass is 16.5. The molecular weight excluding hydrogens is 242 g/mol. The van der Waals surface area contributed by atoms with Gasteiger partial charge in [0, 0.05) is 0 Å². The van der Waals surface area contributed by atoms with Crippen LogP contribution in [-0.4, -0.2) is 26.9 Å². The molecule has 0 amide bonds. The number of fused-ring (bicyclic) bond motifs is 1. The van der Waals surface area contributed by atoms with Crippen molar-refractivity contribution in [2.45, 2.75) is 39.2 Å². The van der Waals surface area contributed by atoms with Gasteiger partial charge in [-0.2, -0.15) is 5.10 Å². The lowest BCUT2D eigenvalue weighted by atomic mass is 10.0. The lowest BCUT2D eigenvalue weighted by Gasteiger charge is -2.15. The van der Waals surface area contributed by atoms with E-state index in [2.05, 4.69) is 5.10 Å². The molecule has 2 heterocycles. The lowest BCUT2D eigenvalue weighted by Crippen LogP contribution is -2.19. The molecule has 0 aliphatic carbocycles. The van der Waals surface area contributed by atoms with Crippen molar-refractivity contribution in [3.8, 4) is 5.75 Å². The van der Waals surface area contributed by atoms with E-state index in [4.69, 9.17) is 10.5 Å². The molecule has 0 spiro atoms. The molecule has 0 unspecified atom stereocenters. The van der Waals surface area contributed by atoms with Gasteiger partial charge in [-0.05, 0) is 45.7 Å². The summed E-state index contributed by atoms with van der Waals surface area (Å²) in [6, 6.07) is 3.84. The van der Waals surface area contributed by atoms with Gasteiger partial charge in [0.2, 0.25) is 0 Å². The zero-order chi connectivity index (χ0) is 14.0. The van der Waals surface area contributed by atoms with Crippen molar-refractivity contribution >= 4 is 11.2 Å². The molecular formula is C14H21N3O2. The second kappa shape index (κ2) is 5.09. The largest absolute Gasteiger partial charge is 0.490 e. The summed E-state index contributed by atoms with van der Waals surface area (Å²) in [7, 11) is 0. The van der Waals surface area contributed by atoms with E-state index in [1.165, 1.54) is 0 Å². The maximum absolute atomic E-state index is 9.74. The van der Waals surface area contributed by atoms with Crippen LogP contribution in [0.15, 0.2) is 18.3 Å². The molecule has 3 N–H and O–H groups in total. The van der Waals surface area contributed by atoms with Crippen molar-refractivity contribution in [2.24, 2.45) is 0 Å². The Kier molecular flexibility index (Phi) is 3.66. The van der Waals surface area contributed by atoms with Crippen LogP contribution in [0.2, 0.25) is 0 Å². The standard InChI is InChI=1S/C14H21N3O2/c1-4-19-13-9-17-11(8-12(13)15)7-10(16-17)5-6-14(2,3)18/h7-9,18H,4-6,15H2,1-3H3. The van der Waals surface area contributed by atoms with E-state index in [0.717, 1.165) is 17.6 Å². The highest BCUT2D eigenvalue weighted by Crippen LogP contribution is 2.24. The predicted octanol–water partition coefficient (Wildman–Crippen LogP) is 2.02. The Morgan fingerprint density at radius 2 is 2.16 bits per heavy atom. The third kappa shape index (κ3) is 3.38. The van der Waals surface area contributed by atoms with Crippen molar-refractivity contribution in [1.82, 2.24) is 9.61 Å². The van der Waals surface area contributed by atoms with Crippen molar-refractivity contribution in [3.05, 3.63) is 24.0 Å². The van der Waals surface area contributed by atoms with E-state index in [0.29, 0.717) is 24.5 Å². The average molecular weight is 263 g/mol. The Bertz CT molecular complexity index is 570. The maximum atomic E-state index is 9.74. The summed E-state index contributed by atoms with van der Waals surface area (Å²) in [4.78, 5) is 0. The molecule has 0 atom stereocenters. The zero-order valence-electron chi connectivity index (χ0n) is 11.7. The summed E-state index contributed by atoms with van der Waals surface area (Å²) in [5.41, 5.74) is 7.73. The van der Waals surface area contributed by atoms with Gasteiger partial charge in [0.1, 0.15) is 0 Å². The number of rotatable bonds is 5. The van der Waals surface area contributed by atoms with Crippen LogP contribution in [-0.2, 0) is 6.42 Å².